The van der Waals surface area contributed by atoms with Gasteiger partial charge in [-0.3, -0.25) is 9.59 Å². The molecule has 2 rings (SSSR count). The third-order valence-corrected chi connectivity index (χ3v) is 3.16. The van der Waals surface area contributed by atoms with E-state index < -0.39 is 0 Å². The van der Waals surface area contributed by atoms with Crippen molar-refractivity contribution in [2.45, 2.75) is 33.2 Å². The highest BCUT2D eigenvalue weighted by atomic mass is 16.2. The molecule has 20 heavy (non-hydrogen) atoms. The number of rotatable bonds is 4. The fourth-order valence-corrected chi connectivity index (χ4v) is 2.20. The second-order valence-corrected chi connectivity index (χ2v) is 4.75. The number of aromatic amines is 2. The van der Waals surface area contributed by atoms with Crippen molar-refractivity contribution in [3.05, 3.63) is 51.5 Å². The highest BCUT2D eigenvalue weighted by molar-refractivity contribution is 5.95. The molecule has 2 aromatic rings. The standard InChI is InChI=1S/C14H18N4O2/c1-4-10(12-15-5-6-16-12)18-14(20)11-8(2)7-9(3)17-13(11)19/h5-7,10H,4H2,1-3H3,(H,15,16)(H,17,19)(H,18,20). The average Bonchev–Trinajstić information content (AvgIpc) is 2.88. The molecule has 2 aromatic heterocycles. The second kappa shape index (κ2) is 5.73. The lowest BCUT2D eigenvalue weighted by Gasteiger charge is -2.15. The number of nitrogens with zero attached hydrogens (tertiary/aromatic N) is 1. The second-order valence-electron chi connectivity index (χ2n) is 4.75. The first-order chi connectivity index (χ1) is 9.52. The predicted octanol–water partition coefficient (Wildman–Crippen LogP) is 1.60. The van der Waals surface area contributed by atoms with Gasteiger partial charge in [-0.1, -0.05) is 6.92 Å². The normalized spacial score (nSPS) is 12.2. The SMILES string of the molecule is CCC(NC(=O)c1c(C)cc(C)[nH]c1=O)c1ncc[nH]1. The molecule has 0 saturated carbocycles. The van der Waals surface area contributed by atoms with Crippen molar-refractivity contribution in [3.63, 3.8) is 0 Å². The molecule has 2 heterocycles. The summed E-state index contributed by atoms with van der Waals surface area (Å²) in [5, 5.41) is 2.83. The molecule has 0 spiro atoms. The summed E-state index contributed by atoms with van der Waals surface area (Å²) in [4.78, 5) is 34.0. The van der Waals surface area contributed by atoms with Gasteiger partial charge in [0.05, 0.1) is 6.04 Å². The summed E-state index contributed by atoms with van der Waals surface area (Å²) in [6.45, 7) is 5.48. The minimum absolute atomic E-state index is 0.153. The number of pyridine rings is 1. The van der Waals surface area contributed by atoms with Gasteiger partial charge in [-0.15, -0.1) is 0 Å². The van der Waals surface area contributed by atoms with Crippen molar-refractivity contribution < 1.29 is 4.79 Å². The van der Waals surface area contributed by atoms with Crippen LogP contribution >= 0.6 is 0 Å². The zero-order chi connectivity index (χ0) is 14.7. The van der Waals surface area contributed by atoms with Crippen LogP contribution in [0.2, 0.25) is 0 Å². The highest BCUT2D eigenvalue weighted by Gasteiger charge is 2.19. The van der Waals surface area contributed by atoms with Gasteiger partial charge < -0.3 is 15.3 Å². The molecule has 106 valence electrons. The average molecular weight is 274 g/mol. The largest absolute Gasteiger partial charge is 0.347 e. The summed E-state index contributed by atoms with van der Waals surface area (Å²) >= 11 is 0. The van der Waals surface area contributed by atoms with Crippen molar-refractivity contribution in [1.29, 1.82) is 0 Å². The van der Waals surface area contributed by atoms with Crippen molar-refractivity contribution in [3.8, 4) is 0 Å². The maximum Gasteiger partial charge on any atom is 0.261 e. The number of amides is 1. The molecule has 0 fully saturated rings. The summed E-state index contributed by atoms with van der Waals surface area (Å²) in [5.41, 5.74) is 1.19. The Morgan fingerprint density at radius 3 is 2.75 bits per heavy atom. The molecular formula is C14H18N4O2. The Balaban J connectivity index is 2.26. The maximum absolute atomic E-state index is 12.3. The van der Waals surface area contributed by atoms with E-state index in [1.54, 1.807) is 32.3 Å². The topological polar surface area (TPSA) is 90.6 Å². The Morgan fingerprint density at radius 1 is 1.45 bits per heavy atom. The summed E-state index contributed by atoms with van der Waals surface area (Å²) in [6, 6.07) is 1.54. The number of hydrogen-bond acceptors (Lipinski definition) is 3. The highest BCUT2D eigenvalue weighted by Crippen LogP contribution is 2.13. The lowest BCUT2D eigenvalue weighted by molar-refractivity contribution is 0.0931. The maximum atomic E-state index is 12.3. The minimum atomic E-state index is -0.382. The van der Waals surface area contributed by atoms with Crippen molar-refractivity contribution in [2.24, 2.45) is 0 Å². The fourth-order valence-electron chi connectivity index (χ4n) is 2.20. The molecule has 0 aliphatic heterocycles. The first kappa shape index (κ1) is 14.0. The van der Waals surface area contributed by atoms with Gasteiger partial charge in [0.1, 0.15) is 11.4 Å². The number of imidazole rings is 1. The van der Waals surface area contributed by atoms with Crippen LogP contribution in [0, 0.1) is 13.8 Å². The number of carbonyl (C=O) groups is 1. The number of nitrogens with one attached hydrogen (secondary N) is 3. The monoisotopic (exact) mass is 274 g/mol. The van der Waals surface area contributed by atoms with E-state index in [0.717, 1.165) is 5.69 Å². The summed E-state index contributed by atoms with van der Waals surface area (Å²) in [6.07, 6.45) is 4.02. The molecule has 1 unspecified atom stereocenters. The van der Waals surface area contributed by atoms with Crippen molar-refractivity contribution in [2.75, 3.05) is 0 Å². The molecule has 3 N–H and O–H groups in total. The van der Waals surface area contributed by atoms with Crippen LogP contribution in [0.5, 0.6) is 0 Å². The predicted molar refractivity (Wildman–Crippen MR) is 75.6 cm³/mol. The van der Waals surface area contributed by atoms with Crippen LogP contribution in [0.15, 0.2) is 23.3 Å². The van der Waals surface area contributed by atoms with Crippen LogP contribution in [-0.4, -0.2) is 20.9 Å². The Kier molecular flexibility index (Phi) is 4.02. The van der Waals surface area contributed by atoms with E-state index in [2.05, 4.69) is 20.3 Å². The Labute approximate surface area is 116 Å². The van der Waals surface area contributed by atoms with Crippen LogP contribution in [0.1, 0.15) is 46.8 Å². The molecule has 0 radical (unpaired) electrons. The molecule has 0 saturated heterocycles. The quantitative estimate of drug-likeness (QED) is 0.790. The lowest BCUT2D eigenvalue weighted by atomic mass is 10.1. The van der Waals surface area contributed by atoms with E-state index in [9.17, 15) is 9.59 Å². The third kappa shape index (κ3) is 2.79. The van der Waals surface area contributed by atoms with Gasteiger partial charge in [-0.25, -0.2) is 4.98 Å². The van der Waals surface area contributed by atoms with E-state index in [0.29, 0.717) is 17.8 Å². The number of H-pyrrole nitrogens is 2. The summed E-state index contributed by atoms with van der Waals surface area (Å²) in [5.74, 6) is 0.300. The molecular weight excluding hydrogens is 256 g/mol. The number of hydrogen-bond donors (Lipinski definition) is 3. The van der Waals surface area contributed by atoms with Crippen molar-refractivity contribution in [1.82, 2.24) is 20.3 Å². The Morgan fingerprint density at radius 2 is 2.20 bits per heavy atom. The lowest BCUT2D eigenvalue weighted by Crippen LogP contribution is -2.34. The smallest absolute Gasteiger partial charge is 0.261 e. The van der Waals surface area contributed by atoms with Crippen LogP contribution in [0.4, 0.5) is 0 Å². The molecule has 6 heteroatoms. The van der Waals surface area contributed by atoms with E-state index in [1.807, 2.05) is 6.92 Å². The molecule has 0 bridgehead atoms. The molecule has 1 amide bonds. The molecule has 0 aliphatic rings. The minimum Gasteiger partial charge on any atom is -0.347 e. The number of aryl methyl sites for hydroxylation is 2. The first-order valence-electron chi connectivity index (χ1n) is 6.53. The van der Waals surface area contributed by atoms with Gasteiger partial charge in [0.25, 0.3) is 11.5 Å². The van der Waals surface area contributed by atoms with Crippen LogP contribution in [0.3, 0.4) is 0 Å². The van der Waals surface area contributed by atoms with Gasteiger partial charge in [-0.2, -0.15) is 0 Å². The zero-order valence-corrected chi connectivity index (χ0v) is 11.8. The Hall–Kier alpha value is -2.37. The summed E-state index contributed by atoms with van der Waals surface area (Å²) in [7, 11) is 0. The van der Waals surface area contributed by atoms with E-state index in [1.165, 1.54) is 0 Å². The van der Waals surface area contributed by atoms with Gasteiger partial charge >= 0.3 is 0 Å². The van der Waals surface area contributed by atoms with Crippen LogP contribution < -0.4 is 10.9 Å². The first-order valence-corrected chi connectivity index (χ1v) is 6.53. The number of carbonyl (C=O) groups excluding carboxylic acids is 1. The third-order valence-electron chi connectivity index (χ3n) is 3.16. The van der Waals surface area contributed by atoms with Gasteiger partial charge in [0.2, 0.25) is 0 Å². The van der Waals surface area contributed by atoms with Crippen LogP contribution in [0.25, 0.3) is 0 Å². The van der Waals surface area contributed by atoms with E-state index in [-0.39, 0.29) is 23.1 Å². The molecule has 6 nitrogen and oxygen atoms in total. The zero-order valence-electron chi connectivity index (χ0n) is 11.8. The van der Waals surface area contributed by atoms with Gasteiger partial charge in [0, 0.05) is 18.1 Å². The molecule has 1 atom stereocenters. The van der Waals surface area contributed by atoms with Gasteiger partial charge in [-0.05, 0) is 31.9 Å². The van der Waals surface area contributed by atoms with Crippen molar-refractivity contribution >= 4 is 5.91 Å². The number of aromatic nitrogens is 3. The molecule has 0 aliphatic carbocycles. The fraction of sp³-hybridized carbons (Fsp3) is 0.357. The van der Waals surface area contributed by atoms with Gasteiger partial charge in [0.15, 0.2) is 0 Å². The molecule has 0 aromatic carbocycles. The Bertz CT molecular complexity index is 658. The van der Waals surface area contributed by atoms with E-state index >= 15 is 0 Å². The van der Waals surface area contributed by atoms with Crippen LogP contribution in [-0.2, 0) is 0 Å². The summed E-state index contributed by atoms with van der Waals surface area (Å²) < 4.78 is 0. The van der Waals surface area contributed by atoms with E-state index in [4.69, 9.17) is 0 Å².